The van der Waals surface area contributed by atoms with E-state index in [1.54, 1.807) is 4.90 Å². The Kier molecular flexibility index (Phi) is 6.05. The number of hydrogen-bond donors (Lipinski definition) is 1. The summed E-state index contributed by atoms with van der Waals surface area (Å²) >= 11 is 0. The molecule has 2 rings (SSSR count). The smallest absolute Gasteiger partial charge is 0.237 e. The number of nitrogens with zero attached hydrogens (tertiary/aromatic N) is 2. The molecule has 1 amide bonds. The molecule has 0 aromatic rings. The zero-order chi connectivity index (χ0) is 15.1. The minimum absolute atomic E-state index is 0.112. The zero-order valence-corrected chi connectivity index (χ0v) is 13.4. The fraction of sp³-hybridized carbons (Fsp3) is 0.882. The van der Waals surface area contributed by atoms with Crippen molar-refractivity contribution < 1.29 is 4.79 Å². The standard InChI is InChI=1S/C17H29N3O/c1-2-3-9-17(10-5-4-6-11-17)19-14-16(21)20-12-7-8-15(20)13-18/h15,19H,2-12,14H2,1H3. The Balaban J connectivity index is 1.89. The molecular weight excluding hydrogens is 262 g/mol. The molecule has 0 radical (unpaired) electrons. The molecule has 1 saturated carbocycles. The predicted octanol–water partition coefficient (Wildman–Crippen LogP) is 2.98. The first-order valence-corrected chi connectivity index (χ1v) is 8.65. The molecule has 118 valence electrons. The summed E-state index contributed by atoms with van der Waals surface area (Å²) in [7, 11) is 0. The summed E-state index contributed by atoms with van der Waals surface area (Å²) in [5, 5.41) is 12.7. The van der Waals surface area contributed by atoms with Gasteiger partial charge in [-0.25, -0.2) is 0 Å². The van der Waals surface area contributed by atoms with Crippen LogP contribution < -0.4 is 5.32 Å². The number of nitriles is 1. The van der Waals surface area contributed by atoms with Crippen molar-refractivity contribution in [3.63, 3.8) is 0 Å². The zero-order valence-electron chi connectivity index (χ0n) is 13.4. The second-order valence-electron chi connectivity index (χ2n) is 6.67. The Labute approximate surface area is 128 Å². The Bertz CT molecular complexity index is 382. The summed E-state index contributed by atoms with van der Waals surface area (Å²) in [6.45, 7) is 3.38. The fourth-order valence-corrected chi connectivity index (χ4v) is 3.82. The second kappa shape index (κ2) is 7.79. The summed E-state index contributed by atoms with van der Waals surface area (Å²) in [5.41, 5.74) is 0.172. The van der Waals surface area contributed by atoms with Gasteiger partial charge < -0.3 is 10.2 Å². The van der Waals surface area contributed by atoms with Gasteiger partial charge in [0.1, 0.15) is 6.04 Å². The van der Waals surface area contributed by atoms with Crippen molar-refractivity contribution in [3.8, 4) is 6.07 Å². The summed E-state index contributed by atoms with van der Waals surface area (Å²) in [6, 6.07) is 2.06. The predicted molar refractivity (Wildman–Crippen MR) is 83.7 cm³/mol. The highest BCUT2D eigenvalue weighted by Gasteiger charge is 2.33. The van der Waals surface area contributed by atoms with E-state index in [1.807, 2.05) is 0 Å². The molecule has 4 heteroatoms. The molecule has 2 aliphatic rings. The van der Waals surface area contributed by atoms with Crippen LogP contribution in [0.15, 0.2) is 0 Å². The first-order chi connectivity index (χ1) is 10.2. The van der Waals surface area contributed by atoms with Crippen molar-refractivity contribution >= 4 is 5.91 Å². The van der Waals surface area contributed by atoms with Gasteiger partial charge in [-0.05, 0) is 32.1 Å². The number of nitrogens with one attached hydrogen (secondary N) is 1. The quantitative estimate of drug-likeness (QED) is 0.818. The van der Waals surface area contributed by atoms with E-state index >= 15 is 0 Å². The van der Waals surface area contributed by atoms with E-state index in [2.05, 4.69) is 18.3 Å². The molecule has 1 N–H and O–H groups in total. The largest absolute Gasteiger partial charge is 0.326 e. The number of amides is 1. The van der Waals surface area contributed by atoms with Gasteiger partial charge in [0.2, 0.25) is 5.91 Å². The number of unbranched alkanes of at least 4 members (excludes halogenated alkanes) is 1. The van der Waals surface area contributed by atoms with E-state index in [9.17, 15) is 4.79 Å². The van der Waals surface area contributed by atoms with Gasteiger partial charge in [0.15, 0.2) is 0 Å². The van der Waals surface area contributed by atoms with Gasteiger partial charge in [-0.15, -0.1) is 0 Å². The van der Waals surface area contributed by atoms with E-state index in [4.69, 9.17) is 5.26 Å². The lowest BCUT2D eigenvalue weighted by molar-refractivity contribution is -0.130. The maximum absolute atomic E-state index is 12.4. The van der Waals surface area contributed by atoms with Crippen molar-refractivity contribution in [3.05, 3.63) is 0 Å². The topological polar surface area (TPSA) is 56.1 Å². The molecule has 0 aromatic heterocycles. The lowest BCUT2D eigenvalue weighted by Crippen LogP contribution is -2.51. The van der Waals surface area contributed by atoms with Crippen LogP contribution in [0.2, 0.25) is 0 Å². The van der Waals surface area contributed by atoms with E-state index in [1.165, 1.54) is 51.4 Å². The SMILES string of the molecule is CCCCC1(NCC(=O)N2CCCC2C#N)CCCCC1. The number of hydrogen-bond acceptors (Lipinski definition) is 3. The number of likely N-dealkylation sites (tertiary alicyclic amines) is 1. The van der Waals surface area contributed by atoms with Crippen molar-refractivity contribution in [1.29, 1.82) is 5.26 Å². The molecular formula is C17H29N3O. The fourth-order valence-electron chi connectivity index (χ4n) is 3.82. The van der Waals surface area contributed by atoms with Crippen molar-refractivity contribution in [1.82, 2.24) is 10.2 Å². The van der Waals surface area contributed by atoms with Crippen LogP contribution in [-0.2, 0) is 4.79 Å². The van der Waals surface area contributed by atoms with Crippen LogP contribution >= 0.6 is 0 Å². The molecule has 0 bridgehead atoms. The Morgan fingerprint density at radius 2 is 2.10 bits per heavy atom. The average Bonchev–Trinajstić information content (AvgIpc) is 3.00. The van der Waals surface area contributed by atoms with Gasteiger partial charge in [-0.1, -0.05) is 39.0 Å². The van der Waals surface area contributed by atoms with E-state index in [-0.39, 0.29) is 17.5 Å². The molecule has 1 aliphatic carbocycles. The Hall–Kier alpha value is -1.08. The highest BCUT2D eigenvalue weighted by atomic mass is 16.2. The highest BCUT2D eigenvalue weighted by molar-refractivity contribution is 5.79. The van der Waals surface area contributed by atoms with E-state index in [0.717, 1.165) is 19.4 Å². The summed E-state index contributed by atoms with van der Waals surface area (Å²) < 4.78 is 0. The van der Waals surface area contributed by atoms with Crippen molar-refractivity contribution in [2.75, 3.05) is 13.1 Å². The highest BCUT2D eigenvalue weighted by Crippen LogP contribution is 2.32. The van der Waals surface area contributed by atoms with Gasteiger partial charge in [-0.3, -0.25) is 4.79 Å². The van der Waals surface area contributed by atoms with Crippen molar-refractivity contribution in [2.24, 2.45) is 0 Å². The second-order valence-corrected chi connectivity index (χ2v) is 6.67. The van der Waals surface area contributed by atoms with Crippen LogP contribution in [0.5, 0.6) is 0 Å². The van der Waals surface area contributed by atoms with Gasteiger partial charge in [0.25, 0.3) is 0 Å². The third kappa shape index (κ3) is 4.20. The van der Waals surface area contributed by atoms with E-state index in [0.29, 0.717) is 6.54 Å². The molecule has 1 atom stereocenters. The van der Waals surface area contributed by atoms with Crippen LogP contribution in [-0.4, -0.2) is 35.5 Å². The van der Waals surface area contributed by atoms with Crippen LogP contribution in [0.3, 0.4) is 0 Å². The van der Waals surface area contributed by atoms with E-state index < -0.39 is 0 Å². The first-order valence-electron chi connectivity index (χ1n) is 8.65. The molecule has 1 saturated heterocycles. The molecule has 0 spiro atoms. The molecule has 1 heterocycles. The average molecular weight is 291 g/mol. The molecule has 4 nitrogen and oxygen atoms in total. The van der Waals surface area contributed by atoms with Crippen LogP contribution in [0.25, 0.3) is 0 Å². The molecule has 2 fully saturated rings. The summed E-state index contributed by atoms with van der Waals surface area (Å²) in [4.78, 5) is 14.2. The number of carbonyl (C=O) groups is 1. The number of rotatable bonds is 6. The maximum Gasteiger partial charge on any atom is 0.237 e. The van der Waals surface area contributed by atoms with Gasteiger partial charge >= 0.3 is 0 Å². The third-order valence-corrected chi connectivity index (χ3v) is 5.16. The normalized spacial score (nSPS) is 24.8. The Morgan fingerprint density at radius 1 is 1.33 bits per heavy atom. The van der Waals surface area contributed by atoms with Crippen LogP contribution in [0.4, 0.5) is 0 Å². The van der Waals surface area contributed by atoms with Crippen molar-refractivity contribution in [2.45, 2.75) is 82.7 Å². The molecule has 1 aliphatic heterocycles. The van der Waals surface area contributed by atoms with Crippen LogP contribution in [0.1, 0.15) is 71.1 Å². The van der Waals surface area contributed by atoms with Gasteiger partial charge in [0.05, 0.1) is 12.6 Å². The molecule has 21 heavy (non-hydrogen) atoms. The maximum atomic E-state index is 12.4. The Morgan fingerprint density at radius 3 is 2.76 bits per heavy atom. The lowest BCUT2D eigenvalue weighted by atomic mass is 9.78. The summed E-state index contributed by atoms with van der Waals surface area (Å²) in [5.74, 6) is 0.112. The minimum atomic E-state index is -0.197. The molecule has 0 aromatic carbocycles. The third-order valence-electron chi connectivity index (χ3n) is 5.16. The lowest BCUT2D eigenvalue weighted by Gasteiger charge is -2.39. The monoisotopic (exact) mass is 291 g/mol. The molecule has 1 unspecified atom stereocenters. The number of carbonyl (C=O) groups excluding carboxylic acids is 1. The van der Waals surface area contributed by atoms with Gasteiger partial charge in [0, 0.05) is 12.1 Å². The first kappa shape index (κ1) is 16.3. The minimum Gasteiger partial charge on any atom is -0.326 e. The summed E-state index contributed by atoms with van der Waals surface area (Å²) in [6.07, 6.45) is 11.7. The van der Waals surface area contributed by atoms with Gasteiger partial charge in [-0.2, -0.15) is 5.26 Å². The van der Waals surface area contributed by atoms with Crippen LogP contribution in [0, 0.1) is 11.3 Å².